The van der Waals surface area contributed by atoms with Gasteiger partial charge in [0, 0.05) is 36.5 Å². The average molecular weight is 418 g/mol. The van der Waals surface area contributed by atoms with E-state index in [0.29, 0.717) is 53.0 Å². The lowest BCUT2D eigenvalue weighted by Crippen LogP contribution is -2.21. The summed E-state index contributed by atoms with van der Waals surface area (Å²) in [6.45, 7) is 0.408. The van der Waals surface area contributed by atoms with Gasteiger partial charge in [-0.15, -0.1) is 0 Å². The topological polar surface area (TPSA) is 119 Å². The maximum atomic E-state index is 12.0. The average Bonchev–Trinajstić information content (AvgIpc) is 2.80. The molecule has 31 heavy (non-hydrogen) atoms. The van der Waals surface area contributed by atoms with Crippen LogP contribution in [0.2, 0.25) is 0 Å². The molecule has 2 aromatic carbocycles. The van der Waals surface area contributed by atoms with Crippen molar-refractivity contribution >= 4 is 23.2 Å². The number of rotatable bonds is 7. The van der Waals surface area contributed by atoms with Crippen molar-refractivity contribution in [3.05, 3.63) is 53.7 Å². The van der Waals surface area contributed by atoms with Crippen LogP contribution >= 0.6 is 0 Å². The van der Waals surface area contributed by atoms with Crippen LogP contribution in [0.15, 0.2) is 42.5 Å². The predicted octanol–water partition coefficient (Wildman–Crippen LogP) is 1.59. The van der Waals surface area contributed by atoms with E-state index in [1.165, 1.54) is 12.0 Å². The van der Waals surface area contributed by atoms with E-state index in [9.17, 15) is 14.7 Å². The van der Waals surface area contributed by atoms with E-state index in [4.69, 9.17) is 10.5 Å². The molecule has 3 aromatic rings. The van der Waals surface area contributed by atoms with Gasteiger partial charge < -0.3 is 20.5 Å². The lowest BCUT2D eigenvalue weighted by Gasteiger charge is -2.10. The number of carbonyl (C=O) groups is 2. The van der Waals surface area contributed by atoms with Crippen molar-refractivity contribution in [3.8, 4) is 29.0 Å². The van der Waals surface area contributed by atoms with Crippen LogP contribution in [-0.4, -0.2) is 59.1 Å². The minimum absolute atomic E-state index is 0.102. The number of carbonyl (C=O) groups excluding carboxylic acids is 2. The number of fused-ring (bicyclic) bond motifs is 1. The van der Waals surface area contributed by atoms with Crippen LogP contribution in [0.3, 0.4) is 0 Å². The lowest BCUT2D eigenvalue weighted by molar-refractivity contribution is -0.117. The van der Waals surface area contributed by atoms with Crippen LogP contribution < -0.4 is 10.5 Å². The number of aromatic nitrogens is 2. The van der Waals surface area contributed by atoms with Gasteiger partial charge in [-0.25, -0.2) is 9.97 Å². The number of amides is 2. The molecule has 8 heteroatoms. The monoisotopic (exact) mass is 418 g/mol. The van der Waals surface area contributed by atoms with Gasteiger partial charge in [0.1, 0.15) is 17.5 Å². The molecule has 0 aliphatic carbocycles. The number of methoxy groups -OCH3 is 1. The molecule has 3 rings (SSSR count). The zero-order valence-corrected chi connectivity index (χ0v) is 17.2. The molecule has 0 saturated heterocycles. The van der Waals surface area contributed by atoms with Crippen LogP contribution in [0.4, 0.5) is 0 Å². The Labute approximate surface area is 179 Å². The summed E-state index contributed by atoms with van der Waals surface area (Å²) in [7, 11) is 3.17. The third-order valence-corrected chi connectivity index (χ3v) is 4.58. The molecule has 158 valence electrons. The fourth-order valence-corrected chi connectivity index (χ4v) is 2.90. The maximum Gasteiger partial charge on any atom is 0.268 e. The third kappa shape index (κ3) is 5.35. The number of nitrogens with zero attached hydrogens (tertiary/aromatic N) is 3. The molecule has 1 heterocycles. The summed E-state index contributed by atoms with van der Waals surface area (Å²) in [5.41, 5.74) is 7.51. The smallest absolute Gasteiger partial charge is 0.268 e. The number of hydrogen-bond acceptors (Lipinski definition) is 6. The predicted molar refractivity (Wildman–Crippen MR) is 116 cm³/mol. The zero-order valence-electron chi connectivity index (χ0n) is 17.2. The molecule has 1 aromatic heterocycles. The first-order valence-electron chi connectivity index (χ1n) is 9.52. The Kier molecular flexibility index (Phi) is 6.80. The standard InChI is InChI=1S/C23H22N4O4/c1-27(14-28)11-10-17(29)7-6-15-4-3-5-16(12-15)23-25-20-9-8-18(31-2)13-19(20)21(26-23)22(24)30/h3-5,8-9,12-14,17,29H,10-11H2,1-2H3,(H2,24,30)/t17-/m0/s1. The molecule has 0 radical (unpaired) electrons. The van der Waals surface area contributed by atoms with Crippen molar-refractivity contribution in [2.45, 2.75) is 12.5 Å². The molecule has 1 atom stereocenters. The molecule has 0 spiro atoms. The van der Waals surface area contributed by atoms with E-state index in [2.05, 4.69) is 21.8 Å². The molecule has 2 amide bonds. The number of hydrogen-bond donors (Lipinski definition) is 2. The van der Waals surface area contributed by atoms with Gasteiger partial charge in [-0.2, -0.15) is 0 Å². The van der Waals surface area contributed by atoms with Crippen molar-refractivity contribution in [2.75, 3.05) is 20.7 Å². The lowest BCUT2D eigenvalue weighted by atomic mass is 10.1. The van der Waals surface area contributed by atoms with Gasteiger partial charge in [-0.3, -0.25) is 9.59 Å². The van der Waals surface area contributed by atoms with Gasteiger partial charge in [0.15, 0.2) is 5.82 Å². The van der Waals surface area contributed by atoms with Crippen molar-refractivity contribution in [1.82, 2.24) is 14.9 Å². The second kappa shape index (κ2) is 9.69. The fraction of sp³-hybridized carbons (Fsp3) is 0.217. The highest BCUT2D eigenvalue weighted by atomic mass is 16.5. The van der Waals surface area contributed by atoms with Crippen molar-refractivity contribution in [1.29, 1.82) is 0 Å². The van der Waals surface area contributed by atoms with Crippen molar-refractivity contribution in [3.63, 3.8) is 0 Å². The van der Waals surface area contributed by atoms with Gasteiger partial charge in [-0.1, -0.05) is 24.0 Å². The van der Waals surface area contributed by atoms with Crippen LogP contribution in [0.25, 0.3) is 22.3 Å². The molecule has 0 aliphatic rings. The normalized spacial score (nSPS) is 11.3. The third-order valence-electron chi connectivity index (χ3n) is 4.58. The number of nitrogens with two attached hydrogens (primary N) is 1. The van der Waals surface area contributed by atoms with Gasteiger partial charge in [-0.05, 0) is 30.3 Å². The van der Waals surface area contributed by atoms with Crippen LogP contribution in [0.1, 0.15) is 22.5 Å². The first-order valence-corrected chi connectivity index (χ1v) is 9.52. The first-order chi connectivity index (χ1) is 14.9. The molecule has 3 N–H and O–H groups in total. The Morgan fingerprint density at radius 2 is 2.10 bits per heavy atom. The zero-order chi connectivity index (χ0) is 22.4. The Hall–Kier alpha value is -3.96. The van der Waals surface area contributed by atoms with E-state index < -0.39 is 12.0 Å². The summed E-state index contributed by atoms with van der Waals surface area (Å²) in [6, 6.07) is 12.3. The number of benzene rings is 2. The highest BCUT2D eigenvalue weighted by Gasteiger charge is 2.14. The molecule has 0 unspecified atom stereocenters. The number of aliphatic hydroxyl groups is 1. The Balaban J connectivity index is 1.93. The molecule has 0 aliphatic heterocycles. The minimum atomic E-state index is -0.862. The van der Waals surface area contributed by atoms with Crippen LogP contribution in [0, 0.1) is 11.8 Å². The SMILES string of the molecule is COc1ccc2nc(-c3cccc(C#C[C@H](O)CCN(C)C=O)c3)nc(C(N)=O)c2c1. The molecule has 8 nitrogen and oxygen atoms in total. The highest BCUT2D eigenvalue weighted by molar-refractivity contribution is 6.04. The summed E-state index contributed by atoms with van der Waals surface area (Å²) < 4.78 is 5.21. The maximum absolute atomic E-state index is 12.0. The summed E-state index contributed by atoms with van der Waals surface area (Å²) in [5, 5.41) is 10.5. The summed E-state index contributed by atoms with van der Waals surface area (Å²) in [6.07, 6.45) is 0.185. The second-order valence-corrected chi connectivity index (χ2v) is 6.88. The van der Waals surface area contributed by atoms with E-state index in [0.717, 1.165) is 0 Å². The van der Waals surface area contributed by atoms with Crippen LogP contribution in [0.5, 0.6) is 5.75 Å². The van der Waals surface area contributed by atoms with E-state index in [1.807, 2.05) is 0 Å². The molecular weight excluding hydrogens is 396 g/mol. The first kappa shape index (κ1) is 21.7. The van der Waals surface area contributed by atoms with Crippen molar-refractivity contribution in [2.24, 2.45) is 5.73 Å². The fourth-order valence-electron chi connectivity index (χ4n) is 2.90. The molecular formula is C23H22N4O4. The highest BCUT2D eigenvalue weighted by Crippen LogP contribution is 2.25. The summed E-state index contributed by atoms with van der Waals surface area (Å²) in [5.74, 6) is 5.92. The number of ether oxygens (including phenoxy) is 1. The van der Waals surface area contributed by atoms with Gasteiger partial charge in [0.05, 0.1) is 12.6 Å². The van der Waals surface area contributed by atoms with E-state index in [-0.39, 0.29) is 5.69 Å². The second-order valence-electron chi connectivity index (χ2n) is 6.88. The summed E-state index contributed by atoms with van der Waals surface area (Å²) >= 11 is 0. The van der Waals surface area contributed by atoms with Gasteiger partial charge >= 0.3 is 0 Å². The quantitative estimate of drug-likeness (QED) is 0.444. The Bertz CT molecular complexity index is 1180. The van der Waals surface area contributed by atoms with Crippen molar-refractivity contribution < 1.29 is 19.4 Å². The molecule has 0 bridgehead atoms. The molecule has 0 fully saturated rings. The molecule has 0 saturated carbocycles. The van der Waals surface area contributed by atoms with Gasteiger partial charge in [0.2, 0.25) is 6.41 Å². The summed E-state index contributed by atoms with van der Waals surface area (Å²) in [4.78, 5) is 32.9. The minimum Gasteiger partial charge on any atom is -0.497 e. The van der Waals surface area contributed by atoms with Gasteiger partial charge in [0.25, 0.3) is 5.91 Å². The van der Waals surface area contributed by atoms with Crippen LogP contribution in [-0.2, 0) is 4.79 Å². The largest absolute Gasteiger partial charge is 0.497 e. The Morgan fingerprint density at radius 3 is 2.81 bits per heavy atom. The Morgan fingerprint density at radius 1 is 1.29 bits per heavy atom. The van der Waals surface area contributed by atoms with E-state index >= 15 is 0 Å². The number of primary amides is 1. The number of aliphatic hydroxyl groups excluding tert-OH is 1. The van der Waals surface area contributed by atoms with E-state index in [1.54, 1.807) is 49.5 Å².